The topological polar surface area (TPSA) is 49.4 Å². The predicted octanol–water partition coefficient (Wildman–Crippen LogP) is 2.98. The van der Waals surface area contributed by atoms with E-state index in [-0.39, 0.29) is 11.8 Å². The van der Waals surface area contributed by atoms with Crippen molar-refractivity contribution in [1.82, 2.24) is 5.32 Å². The SMILES string of the molecule is CC(C)CCCN1C(=O)C(C)(C)NC(=O)c2ccccc21. The molecular weight excluding hydrogens is 264 g/mol. The molecule has 0 spiro atoms. The fourth-order valence-corrected chi connectivity index (χ4v) is 2.63. The second-order valence-corrected chi connectivity index (χ2v) is 6.59. The van der Waals surface area contributed by atoms with Gasteiger partial charge in [-0.05, 0) is 44.7 Å². The molecule has 4 nitrogen and oxygen atoms in total. The lowest BCUT2D eigenvalue weighted by atomic mass is 10.0. The zero-order valence-corrected chi connectivity index (χ0v) is 13.3. The number of hydrogen-bond acceptors (Lipinski definition) is 2. The summed E-state index contributed by atoms with van der Waals surface area (Å²) in [7, 11) is 0. The van der Waals surface area contributed by atoms with Crippen LogP contribution in [0.15, 0.2) is 24.3 Å². The van der Waals surface area contributed by atoms with Crippen LogP contribution in [-0.2, 0) is 4.79 Å². The third-order valence-electron chi connectivity index (χ3n) is 3.81. The van der Waals surface area contributed by atoms with Gasteiger partial charge in [0.15, 0.2) is 0 Å². The Bertz CT molecular complexity index is 549. The molecule has 1 heterocycles. The smallest absolute Gasteiger partial charge is 0.254 e. The summed E-state index contributed by atoms with van der Waals surface area (Å²) in [5.41, 5.74) is 0.406. The van der Waals surface area contributed by atoms with Crippen LogP contribution in [-0.4, -0.2) is 23.9 Å². The molecule has 1 N–H and O–H groups in total. The van der Waals surface area contributed by atoms with Gasteiger partial charge in [-0.1, -0.05) is 26.0 Å². The molecular formula is C17H24N2O2. The van der Waals surface area contributed by atoms with Crippen molar-refractivity contribution < 1.29 is 9.59 Å². The normalized spacial score (nSPS) is 17.5. The molecule has 114 valence electrons. The molecule has 0 unspecified atom stereocenters. The predicted molar refractivity (Wildman–Crippen MR) is 84.4 cm³/mol. The van der Waals surface area contributed by atoms with Gasteiger partial charge in [0.2, 0.25) is 0 Å². The van der Waals surface area contributed by atoms with Gasteiger partial charge >= 0.3 is 0 Å². The van der Waals surface area contributed by atoms with Gasteiger partial charge in [-0.3, -0.25) is 9.59 Å². The molecule has 4 heteroatoms. The first-order chi connectivity index (χ1) is 9.83. The number of para-hydroxylation sites is 1. The summed E-state index contributed by atoms with van der Waals surface area (Å²) in [6.07, 6.45) is 2.00. The Kier molecular flexibility index (Phi) is 4.35. The first-order valence-corrected chi connectivity index (χ1v) is 7.56. The molecule has 1 aromatic carbocycles. The monoisotopic (exact) mass is 288 g/mol. The lowest BCUT2D eigenvalue weighted by molar-refractivity contribution is -0.123. The van der Waals surface area contributed by atoms with Crippen LogP contribution < -0.4 is 10.2 Å². The zero-order valence-electron chi connectivity index (χ0n) is 13.3. The van der Waals surface area contributed by atoms with Crippen LogP contribution >= 0.6 is 0 Å². The van der Waals surface area contributed by atoms with Crippen molar-refractivity contribution in [3.63, 3.8) is 0 Å². The van der Waals surface area contributed by atoms with Crippen molar-refractivity contribution in [2.24, 2.45) is 5.92 Å². The lowest BCUT2D eigenvalue weighted by Gasteiger charge is -2.29. The Hall–Kier alpha value is -1.84. The van der Waals surface area contributed by atoms with E-state index in [1.54, 1.807) is 24.8 Å². The minimum atomic E-state index is -0.881. The molecule has 0 radical (unpaired) electrons. The number of rotatable bonds is 4. The van der Waals surface area contributed by atoms with E-state index in [4.69, 9.17) is 0 Å². The van der Waals surface area contributed by atoms with Crippen molar-refractivity contribution in [1.29, 1.82) is 0 Å². The molecule has 0 bridgehead atoms. The van der Waals surface area contributed by atoms with E-state index >= 15 is 0 Å². The highest BCUT2D eigenvalue weighted by atomic mass is 16.2. The first kappa shape index (κ1) is 15.5. The fraction of sp³-hybridized carbons (Fsp3) is 0.529. The van der Waals surface area contributed by atoms with E-state index in [1.165, 1.54) is 0 Å². The fourth-order valence-electron chi connectivity index (χ4n) is 2.63. The number of nitrogens with zero attached hydrogens (tertiary/aromatic N) is 1. The Labute approximate surface area is 126 Å². The average molecular weight is 288 g/mol. The molecule has 1 aromatic rings. The summed E-state index contributed by atoms with van der Waals surface area (Å²) in [6, 6.07) is 7.32. The van der Waals surface area contributed by atoms with Crippen molar-refractivity contribution in [3.05, 3.63) is 29.8 Å². The minimum Gasteiger partial charge on any atom is -0.338 e. The number of benzene rings is 1. The van der Waals surface area contributed by atoms with Crippen LogP contribution in [0.5, 0.6) is 0 Å². The van der Waals surface area contributed by atoms with Gasteiger partial charge in [-0.25, -0.2) is 0 Å². The molecule has 0 aromatic heterocycles. The molecule has 2 amide bonds. The standard InChI is InChI=1S/C17H24N2O2/c1-12(2)8-7-11-19-14-10-6-5-9-13(14)15(20)18-17(3,4)16(19)21/h5-6,9-10,12H,7-8,11H2,1-4H3,(H,18,20). The van der Waals surface area contributed by atoms with Crippen LogP contribution in [0.4, 0.5) is 5.69 Å². The maximum atomic E-state index is 12.8. The van der Waals surface area contributed by atoms with E-state index in [2.05, 4.69) is 19.2 Å². The van der Waals surface area contributed by atoms with E-state index in [9.17, 15) is 9.59 Å². The van der Waals surface area contributed by atoms with Gasteiger partial charge in [-0.15, -0.1) is 0 Å². The number of fused-ring (bicyclic) bond motifs is 1. The summed E-state index contributed by atoms with van der Waals surface area (Å²) in [4.78, 5) is 26.8. The number of nitrogens with one attached hydrogen (secondary N) is 1. The number of carbonyl (C=O) groups excluding carboxylic acids is 2. The first-order valence-electron chi connectivity index (χ1n) is 7.56. The third kappa shape index (κ3) is 3.26. The highest BCUT2D eigenvalue weighted by Crippen LogP contribution is 2.27. The highest BCUT2D eigenvalue weighted by molar-refractivity contribution is 6.12. The highest BCUT2D eigenvalue weighted by Gasteiger charge is 2.38. The van der Waals surface area contributed by atoms with Crippen LogP contribution in [0.3, 0.4) is 0 Å². The zero-order chi connectivity index (χ0) is 15.6. The Morgan fingerprint density at radius 3 is 2.52 bits per heavy atom. The average Bonchev–Trinajstić information content (AvgIpc) is 2.48. The van der Waals surface area contributed by atoms with E-state index < -0.39 is 5.54 Å². The largest absolute Gasteiger partial charge is 0.338 e. The summed E-state index contributed by atoms with van der Waals surface area (Å²) < 4.78 is 0. The Morgan fingerprint density at radius 1 is 1.19 bits per heavy atom. The van der Waals surface area contributed by atoms with Crippen LogP contribution in [0.1, 0.15) is 50.9 Å². The van der Waals surface area contributed by atoms with Gasteiger partial charge < -0.3 is 10.2 Å². The van der Waals surface area contributed by atoms with Crippen molar-refractivity contribution in [3.8, 4) is 0 Å². The van der Waals surface area contributed by atoms with Crippen LogP contribution in [0, 0.1) is 5.92 Å². The number of anilines is 1. The lowest BCUT2D eigenvalue weighted by Crippen LogP contribution is -2.54. The molecule has 1 aliphatic heterocycles. The van der Waals surface area contributed by atoms with E-state index in [1.807, 2.05) is 18.2 Å². The quantitative estimate of drug-likeness (QED) is 0.926. The van der Waals surface area contributed by atoms with Gasteiger partial charge in [-0.2, -0.15) is 0 Å². The van der Waals surface area contributed by atoms with Gasteiger partial charge in [0.25, 0.3) is 11.8 Å². The summed E-state index contributed by atoms with van der Waals surface area (Å²) >= 11 is 0. The maximum absolute atomic E-state index is 12.8. The van der Waals surface area contributed by atoms with Gasteiger partial charge in [0, 0.05) is 6.54 Å². The van der Waals surface area contributed by atoms with E-state index in [0.29, 0.717) is 23.7 Å². The number of hydrogen-bond donors (Lipinski definition) is 1. The van der Waals surface area contributed by atoms with Crippen molar-refractivity contribution in [2.45, 2.75) is 46.1 Å². The molecule has 21 heavy (non-hydrogen) atoms. The second-order valence-electron chi connectivity index (χ2n) is 6.59. The molecule has 0 saturated heterocycles. The Morgan fingerprint density at radius 2 is 1.86 bits per heavy atom. The Balaban J connectivity index is 2.35. The maximum Gasteiger partial charge on any atom is 0.254 e. The van der Waals surface area contributed by atoms with Gasteiger partial charge in [0.1, 0.15) is 5.54 Å². The summed E-state index contributed by atoms with van der Waals surface area (Å²) in [5.74, 6) is 0.370. The molecule has 1 aliphatic rings. The van der Waals surface area contributed by atoms with Crippen LogP contribution in [0.2, 0.25) is 0 Å². The molecule has 0 fully saturated rings. The molecule has 0 aliphatic carbocycles. The molecule has 0 saturated carbocycles. The molecule has 2 rings (SSSR count). The van der Waals surface area contributed by atoms with Crippen molar-refractivity contribution >= 4 is 17.5 Å². The number of amides is 2. The second kappa shape index (κ2) is 5.88. The van der Waals surface area contributed by atoms with Crippen LogP contribution in [0.25, 0.3) is 0 Å². The minimum absolute atomic E-state index is 0.0513. The van der Waals surface area contributed by atoms with Gasteiger partial charge in [0.05, 0.1) is 11.3 Å². The third-order valence-corrected chi connectivity index (χ3v) is 3.81. The van der Waals surface area contributed by atoms with E-state index in [0.717, 1.165) is 12.8 Å². The van der Waals surface area contributed by atoms with Crippen molar-refractivity contribution in [2.75, 3.05) is 11.4 Å². The molecule has 0 atom stereocenters. The summed E-state index contributed by atoms with van der Waals surface area (Å²) in [5, 5.41) is 2.82. The summed E-state index contributed by atoms with van der Waals surface area (Å²) in [6.45, 7) is 8.51. The number of carbonyl (C=O) groups is 2.